The Labute approximate surface area is 125 Å². The minimum Gasteiger partial charge on any atom is -0.492 e. The predicted octanol–water partition coefficient (Wildman–Crippen LogP) is 2.34. The molecule has 3 aliphatic rings. The third-order valence-corrected chi connectivity index (χ3v) is 4.77. The molecule has 4 atom stereocenters. The topological polar surface area (TPSA) is 54.0 Å². The monoisotopic (exact) mass is 296 g/mol. The summed E-state index contributed by atoms with van der Waals surface area (Å²) in [6, 6.07) is 0. The second kappa shape index (κ2) is 5.97. The van der Waals surface area contributed by atoms with Crippen LogP contribution in [0, 0.1) is 0 Å². The SMILES string of the molecule is COC(=O)CCC1=CC[C@@H]2O[C@@H]3CCCO[C@@]3(C)C[C@H]2O1. The van der Waals surface area contributed by atoms with Gasteiger partial charge < -0.3 is 18.9 Å². The van der Waals surface area contributed by atoms with Crippen molar-refractivity contribution in [1.29, 1.82) is 0 Å². The van der Waals surface area contributed by atoms with Gasteiger partial charge in [0, 0.05) is 19.4 Å². The molecule has 0 unspecified atom stereocenters. The number of hydrogen-bond acceptors (Lipinski definition) is 5. The van der Waals surface area contributed by atoms with Crippen molar-refractivity contribution in [3.8, 4) is 0 Å². The Morgan fingerprint density at radius 2 is 2.33 bits per heavy atom. The third-order valence-electron chi connectivity index (χ3n) is 4.77. The molecule has 21 heavy (non-hydrogen) atoms. The van der Waals surface area contributed by atoms with Gasteiger partial charge >= 0.3 is 5.97 Å². The van der Waals surface area contributed by atoms with E-state index >= 15 is 0 Å². The Morgan fingerprint density at radius 1 is 1.48 bits per heavy atom. The number of esters is 1. The lowest BCUT2D eigenvalue weighted by Crippen LogP contribution is -2.58. The van der Waals surface area contributed by atoms with Gasteiger partial charge in [-0.25, -0.2) is 0 Å². The number of hydrogen-bond donors (Lipinski definition) is 0. The number of carbonyl (C=O) groups is 1. The van der Waals surface area contributed by atoms with E-state index in [1.165, 1.54) is 7.11 Å². The number of allylic oxidation sites excluding steroid dienone is 1. The first-order valence-corrected chi connectivity index (χ1v) is 7.82. The third kappa shape index (κ3) is 3.09. The highest BCUT2D eigenvalue weighted by Gasteiger charge is 2.49. The van der Waals surface area contributed by atoms with Crippen LogP contribution < -0.4 is 0 Å². The van der Waals surface area contributed by atoms with Gasteiger partial charge in [0.25, 0.3) is 0 Å². The average Bonchev–Trinajstić information content (AvgIpc) is 2.49. The number of ether oxygens (including phenoxy) is 4. The van der Waals surface area contributed by atoms with Crippen LogP contribution in [0.2, 0.25) is 0 Å². The summed E-state index contributed by atoms with van der Waals surface area (Å²) in [5, 5.41) is 0. The Kier molecular flexibility index (Phi) is 4.22. The summed E-state index contributed by atoms with van der Waals surface area (Å²) >= 11 is 0. The smallest absolute Gasteiger partial charge is 0.305 e. The average molecular weight is 296 g/mol. The summed E-state index contributed by atoms with van der Waals surface area (Å²) in [6.45, 7) is 2.93. The van der Waals surface area contributed by atoms with Gasteiger partial charge in [-0.05, 0) is 32.3 Å². The molecule has 118 valence electrons. The van der Waals surface area contributed by atoms with Crippen LogP contribution in [0.15, 0.2) is 11.8 Å². The molecule has 5 heteroatoms. The van der Waals surface area contributed by atoms with Gasteiger partial charge in [-0.1, -0.05) is 0 Å². The van der Waals surface area contributed by atoms with Crippen LogP contribution in [0.3, 0.4) is 0 Å². The van der Waals surface area contributed by atoms with Crippen molar-refractivity contribution in [2.45, 2.75) is 69.4 Å². The van der Waals surface area contributed by atoms with Crippen molar-refractivity contribution in [1.82, 2.24) is 0 Å². The molecule has 0 spiro atoms. The molecule has 3 heterocycles. The number of fused-ring (bicyclic) bond motifs is 2. The fourth-order valence-electron chi connectivity index (χ4n) is 3.51. The Balaban J connectivity index is 1.61. The van der Waals surface area contributed by atoms with Gasteiger partial charge in [0.1, 0.15) is 6.10 Å². The molecule has 2 saturated heterocycles. The summed E-state index contributed by atoms with van der Waals surface area (Å²) in [4.78, 5) is 11.2. The minimum atomic E-state index is -0.232. The van der Waals surface area contributed by atoms with E-state index in [4.69, 9.17) is 14.2 Å². The van der Waals surface area contributed by atoms with Gasteiger partial charge in [-0.15, -0.1) is 0 Å². The van der Waals surface area contributed by atoms with Crippen LogP contribution in [0.1, 0.15) is 45.4 Å². The van der Waals surface area contributed by atoms with Crippen LogP contribution in [-0.2, 0) is 23.7 Å². The molecule has 3 rings (SSSR count). The van der Waals surface area contributed by atoms with Crippen molar-refractivity contribution < 1.29 is 23.7 Å². The minimum absolute atomic E-state index is 0.0296. The van der Waals surface area contributed by atoms with E-state index in [-0.39, 0.29) is 29.9 Å². The lowest BCUT2D eigenvalue weighted by atomic mass is 9.81. The zero-order valence-electron chi connectivity index (χ0n) is 12.8. The molecule has 0 aliphatic carbocycles. The second-order valence-corrected chi connectivity index (χ2v) is 6.31. The van der Waals surface area contributed by atoms with Crippen LogP contribution in [-0.4, -0.2) is 43.6 Å². The van der Waals surface area contributed by atoms with E-state index in [9.17, 15) is 4.79 Å². The molecule has 0 aromatic heterocycles. The van der Waals surface area contributed by atoms with E-state index in [0.717, 1.165) is 38.0 Å². The standard InChI is InChI=1S/C16H24O5/c1-16-10-13-12(21-14(16)4-3-9-19-16)7-5-11(20-13)6-8-15(17)18-2/h5,12-14H,3-4,6-10H2,1-2H3/t12-,13+,14+,16-/m0/s1. The van der Waals surface area contributed by atoms with Gasteiger partial charge in [0.05, 0.1) is 37.1 Å². The Hall–Kier alpha value is -1.07. The summed E-state index contributed by atoms with van der Waals surface area (Å²) in [6.07, 6.45) is 7.18. The molecule has 0 amide bonds. The highest BCUT2D eigenvalue weighted by molar-refractivity contribution is 5.69. The van der Waals surface area contributed by atoms with Crippen molar-refractivity contribution >= 4 is 5.97 Å². The lowest BCUT2D eigenvalue weighted by molar-refractivity contribution is -0.251. The molecule has 0 N–H and O–H groups in total. The number of methoxy groups -OCH3 is 1. The lowest BCUT2D eigenvalue weighted by Gasteiger charge is -2.50. The van der Waals surface area contributed by atoms with Crippen LogP contribution in [0.5, 0.6) is 0 Å². The van der Waals surface area contributed by atoms with Crippen LogP contribution in [0.25, 0.3) is 0 Å². The molecular formula is C16H24O5. The summed E-state index contributed by atoms with van der Waals surface area (Å²) in [5.74, 6) is 0.673. The Morgan fingerprint density at radius 3 is 3.14 bits per heavy atom. The largest absolute Gasteiger partial charge is 0.492 e. The predicted molar refractivity (Wildman–Crippen MR) is 75.7 cm³/mol. The van der Waals surface area contributed by atoms with Crippen molar-refractivity contribution in [2.75, 3.05) is 13.7 Å². The molecular weight excluding hydrogens is 272 g/mol. The fraction of sp³-hybridized carbons (Fsp3) is 0.812. The molecule has 0 saturated carbocycles. The maximum absolute atomic E-state index is 11.2. The number of rotatable bonds is 3. The van der Waals surface area contributed by atoms with E-state index in [0.29, 0.717) is 12.8 Å². The molecule has 0 bridgehead atoms. The van der Waals surface area contributed by atoms with Crippen molar-refractivity contribution in [3.05, 3.63) is 11.8 Å². The van der Waals surface area contributed by atoms with Gasteiger partial charge in [-0.2, -0.15) is 0 Å². The molecule has 0 aromatic rings. The van der Waals surface area contributed by atoms with Gasteiger partial charge in [-0.3, -0.25) is 4.79 Å². The highest BCUT2D eigenvalue weighted by Crippen LogP contribution is 2.41. The van der Waals surface area contributed by atoms with Crippen molar-refractivity contribution in [2.24, 2.45) is 0 Å². The first kappa shape index (κ1) is 14.9. The Bertz CT molecular complexity index is 432. The first-order chi connectivity index (χ1) is 10.1. The number of carbonyl (C=O) groups excluding carboxylic acids is 1. The van der Waals surface area contributed by atoms with E-state index in [1.54, 1.807) is 0 Å². The second-order valence-electron chi connectivity index (χ2n) is 6.31. The van der Waals surface area contributed by atoms with E-state index in [2.05, 4.69) is 17.7 Å². The van der Waals surface area contributed by atoms with Gasteiger partial charge in [0.15, 0.2) is 0 Å². The van der Waals surface area contributed by atoms with E-state index in [1.807, 2.05) is 0 Å². The normalized spacial score (nSPS) is 38.6. The summed E-state index contributed by atoms with van der Waals surface area (Å²) in [5.41, 5.74) is -0.232. The molecule has 5 nitrogen and oxygen atoms in total. The summed E-state index contributed by atoms with van der Waals surface area (Å²) < 4.78 is 22.9. The van der Waals surface area contributed by atoms with Gasteiger partial charge in [0.2, 0.25) is 0 Å². The first-order valence-electron chi connectivity index (χ1n) is 7.82. The van der Waals surface area contributed by atoms with Crippen LogP contribution >= 0.6 is 0 Å². The maximum atomic E-state index is 11.2. The van der Waals surface area contributed by atoms with Crippen LogP contribution in [0.4, 0.5) is 0 Å². The maximum Gasteiger partial charge on any atom is 0.305 e. The van der Waals surface area contributed by atoms with Crippen molar-refractivity contribution in [3.63, 3.8) is 0 Å². The highest BCUT2D eigenvalue weighted by atomic mass is 16.6. The zero-order chi connectivity index (χ0) is 14.9. The molecule has 2 fully saturated rings. The zero-order valence-corrected chi connectivity index (χ0v) is 12.8. The molecule has 3 aliphatic heterocycles. The fourth-order valence-corrected chi connectivity index (χ4v) is 3.51. The van der Waals surface area contributed by atoms with E-state index < -0.39 is 0 Å². The molecule has 0 radical (unpaired) electrons. The molecule has 0 aromatic carbocycles. The summed E-state index contributed by atoms with van der Waals surface area (Å²) in [7, 11) is 1.41. The quantitative estimate of drug-likeness (QED) is 0.748.